The molecule has 0 aliphatic rings. The molecule has 0 aliphatic carbocycles. The molecule has 0 aromatic carbocycles. The molecule has 8 heteroatoms. The summed E-state index contributed by atoms with van der Waals surface area (Å²) in [6.07, 6.45) is 3.06. The molecular formula is C11H20N2O5Si. The minimum atomic E-state index is -3.48. The Morgan fingerprint density at radius 3 is 1.47 bits per heavy atom. The average molecular weight is 288 g/mol. The molecule has 0 bridgehead atoms. The molecule has 0 heterocycles. The van der Waals surface area contributed by atoms with E-state index in [-0.39, 0.29) is 26.2 Å². The summed E-state index contributed by atoms with van der Waals surface area (Å²) >= 11 is 0. The van der Waals surface area contributed by atoms with E-state index in [9.17, 15) is 9.59 Å². The molecule has 19 heavy (non-hydrogen) atoms. The van der Waals surface area contributed by atoms with Crippen LogP contribution >= 0.6 is 0 Å². The smallest absolute Gasteiger partial charge is 0.371 e. The minimum Gasteiger partial charge on any atom is -0.371 e. The van der Waals surface area contributed by atoms with E-state index in [0.717, 1.165) is 0 Å². The molecule has 108 valence electrons. The topological polar surface area (TPSA) is 86.5 Å². The van der Waals surface area contributed by atoms with Crippen molar-refractivity contribution in [2.75, 3.05) is 19.8 Å². The molecule has 0 spiro atoms. The summed E-state index contributed by atoms with van der Waals surface area (Å²) in [5.74, 6) is 0. The summed E-state index contributed by atoms with van der Waals surface area (Å²) < 4.78 is 16.9. The Bertz CT molecular complexity index is 329. The lowest BCUT2D eigenvalue weighted by molar-refractivity contribution is 0.0458. The molecule has 7 nitrogen and oxygen atoms in total. The van der Waals surface area contributed by atoms with Gasteiger partial charge in [0.25, 0.3) is 0 Å². The van der Waals surface area contributed by atoms with Gasteiger partial charge in [-0.25, -0.2) is 9.59 Å². The quantitative estimate of drug-likeness (QED) is 0.344. The number of hydrogen-bond acceptors (Lipinski definition) is 7. The fraction of sp³-hybridized carbons (Fsp3) is 0.818. The third-order valence-corrected chi connectivity index (χ3v) is 6.01. The number of carbonyl (C=O) groups excluding carboxylic acids is 2. The molecule has 0 unspecified atom stereocenters. The van der Waals surface area contributed by atoms with Crippen LogP contribution in [-0.4, -0.2) is 46.1 Å². The molecule has 0 N–H and O–H groups in total. The fourth-order valence-electron chi connectivity index (χ4n) is 1.73. The van der Waals surface area contributed by atoms with Crippen molar-refractivity contribution < 1.29 is 22.9 Å². The van der Waals surface area contributed by atoms with Gasteiger partial charge in [0.2, 0.25) is 17.4 Å². The van der Waals surface area contributed by atoms with Gasteiger partial charge in [-0.2, -0.15) is 9.98 Å². The minimum absolute atomic E-state index is 0.212. The summed E-state index contributed by atoms with van der Waals surface area (Å²) in [6, 6.07) is 0. The van der Waals surface area contributed by atoms with Crippen molar-refractivity contribution >= 4 is 21.0 Å². The van der Waals surface area contributed by atoms with Crippen molar-refractivity contribution in [3.63, 3.8) is 0 Å². The number of rotatable bonds is 10. The normalized spacial score (nSPS) is 14.1. The van der Waals surface area contributed by atoms with Crippen LogP contribution in [0.4, 0.5) is 0 Å². The molecule has 0 aliphatic heterocycles. The molecule has 0 saturated heterocycles. The van der Waals surface area contributed by atoms with Crippen LogP contribution in [-0.2, 0) is 22.9 Å². The van der Waals surface area contributed by atoms with Gasteiger partial charge in [-0.3, -0.25) is 0 Å². The van der Waals surface area contributed by atoms with Crippen molar-refractivity contribution in [2.45, 2.75) is 39.4 Å². The van der Waals surface area contributed by atoms with E-state index in [1.54, 1.807) is 27.7 Å². The Balaban J connectivity index is 5.93. The van der Waals surface area contributed by atoms with Crippen LogP contribution < -0.4 is 0 Å². The lowest BCUT2D eigenvalue weighted by Gasteiger charge is -2.37. The summed E-state index contributed by atoms with van der Waals surface area (Å²) in [4.78, 5) is 28.7. The van der Waals surface area contributed by atoms with Crippen LogP contribution in [0.15, 0.2) is 9.98 Å². The second kappa shape index (κ2) is 8.87. The number of nitrogens with zero attached hydrogens (tertiary/aromatic N) is 2. The van der Waals surface area contributed by atoms with Crippen LogP contribution in [0.2, 0.25) is 0 Å². The van der Waals surface area contributed by atoms with Crippen molar-refractivity contribution in [3.8, 4) is 0 Å². The second-order valence-electron chi connectivity index (χ2n) is 3.43. The Kier molecular flexibility index (Phi) is 8.34. The monoisotopic (exact) mass is 288 g/mol. The van der Waals surface area contributed by atoms with Gasteiger partial charge in [0.1, 0.15) is 0 Å². The molecule has 0 amide bonds. The second-order valence-corrected chi connectivity index (χ2v) is 6.21. The van der Waals surface area contributed by atoms with Crippen LogP contribution in [0.25, 0.3) is 0 Å². The van der Waals surface area contributed by atoms with E-state index >= 15 is 0 Å². The zero-order valence-electron chi connectivity index (χ0n) is 11.8. The van der Waals surface area contributed by atoms with Crippen molar-refractivity contribution in [1.29, 1.82) is 0 Å². The third kappa shape index (κ3) is 3.91. The van der Waals surface area contributed by atoms with E-state index in [1.807, 2.05) is 0 Å². The molecule has 0 aromatic heterocycles. The maximum atomic E-state index is 10.7. The first-order valence-electron chi connectivity index (χ1n) is 6.21. The predicted octanol–water partition coefficient (Wildman–Crippen LogP) is 1.35. The molecule has 0 radical (unpaired) electrons. The number of isocyanates is 2. The molecular weight excluding hydrogens is 268 g/mol. The van der Waals surface area contributed by atoms with Crippen LogP contribution in [0.5, 0.6) is 0 Å². The first-order valence-corrected chi connectivity index (χ1v) is 7.94. The lowest BCUT2D eigenvalue weighted by Crippen LogP contribution is -2.63. The van der Waals surface area contributed by atoms with E-state index in [4.69, 9.17) is 13.3 Å². The van der Waals surface area contributed by atoms with Crippen molar-refractivity contribution in [2.24, 2.45) is 9.98 Å². The van der Waals surface area contributed by atoms with E-state index in [2.05, 4.69) is 9.98 Å². The Morgan fingerprint density at radius 1 is 0.895 bits per heavy atom. The largest absolute Gasteiger partial charge is 0.555 e. The summed E-state index contributed by atoms with van der Waals surface area (Å²) in [5, 5.41) is -1.52. The van der Waals surface area contributed by atoms with E-state index < -0.39 is 14.1 Å². The van der Waals surface area contributed by atoms with E-state index in [0.29, 0.717) is 0 Å². The van der Waals surface area contributed by atoms with Crippen LogP contribution in [0.1, 0.15) is 34.1 Å². The van der Waals surface area contributed by atoms with Gasteiger partial charge in [0.15, 0.2) is 0 Å². The number of hydrogen-bond donors (Lipinski definition) is 0. The molecule has 0 fully saturated rings. The fourth-order valence-corrected chi connectivity index (χ4v) is 4.61. The van der Waals surface area contributed by atoms with Gasteiger partial charge in [-0.05, 0) is 27.2 Å². The number of aliphatic imine (C=N–C) groups is 2. The first-order chi connectivity index (χ1) is 9.11. The highest BCUT2D eigenvalue weighted by Crippen LogP contribution is 2.32. The maximum Gasteiger partial charge on any atom is 0.555 e. The van der Waals surface area contributed by atoms with Gasteiger partial charge in [-0.1, -0.05) is 6.92 Å². The van der Waals surface area contributed by atoms with Crippen molar-refractivity contribution in [3.05, 3.63) is 0 Å². The van der Waals surface area contributed by atoms with Crippen LogP contribution in [0, 0.1) is 0 Å². The molecule has 0 saturated carbocycles. The zero-order valence-corrected chi connectivity index (χ0v) is 12.8. The Morgan fingerprint density at radius 2 is 1.26 bits per heavy atom. The highest BCUT2D eigenvalue weighted by atomic mass is 28.4. The third-order valence-electron chi connectivity index (χ3n) is 2.45. The highest BCUT2D eigenvalue weighted by Gasteiger charge is 2.62. The van der Waals surface area contributed by atoms with E-state index in [1.165, 1.54) is 12.2 Å². The highest BCUT2D eigenvalue weighted by molar-refractivity contribution is 6.64. The van der Waals surface area contributed by atoms with Crippen LogP contribution in [0.3, 0.4) is 0 Å². The lowest BCUT2D eigenvalue weighted by atomic mass is 10.4. The summed E-state index contributed by atoms with van der Waals surface area (Å²) in [6.45, 7) is 7.85. The van der Waals surface area contributed by atoms with Crippen molar-refractivity contribution in [1.82, 2.24) is 0 Å². The molecule has 0 rings (SSSR count). The van der Waals surface area contributed by atoms with Gasteiger partial charge < -0.3 is 13.3 Å². The Labute approximate surface area is 114 Å². The SMILES string of the molecule is CCO[Si](OCC)(OCC)C(CC)(N=C=O)N=C=O. The van der Waals surface area contributed by atoms with Gasteiger partial charge in [0.05, 0.1) is 0 Å². The standard InChI is InChI=1S/C11H20N2O5Si/c1-5-11(12-9-14,13-10-15)19(16-6-2,17-7-3)18-8-4/h5-8H2,1-4H3. The maximum absolute atomic E-state index is 10.7. The predicted molar refractivity (Wildman–Crippen MR) is 69.9 cm³/mol. The average Bonchev–Trinajstić information content (AvgIpc) is 2.39. The van der Waals surface area contributed by atoms with Gasteiger partial charge >= 0.3 is 8.80 Å². The van der Waals surface area contributed by atoms with Gasteiger partial charge in [0, 0.05) is 19.8 Å². The summed E-state index contributed by atoms with van der Waals surface area (Å²) in [7, 11) is -3.48. The zero-order chi connectivity index (χ0) is 14.8. The Hall–Kier alpha value is -1.14. The first kappa shape index (κ1) is 17.9. The molecule has 0 atom stereocenters. The van der Waals surface area contributed by atoms with Gasteiger partial charge in [-0.15, -0.1) is 0 Å². The summed E-state index contributed by atoms with van der Waals surface area (Å²) in [5.41, 5.74) is 0. The molecule has 0 aromatic rings.